The highest BCUT2D eigenvalue weighted by atomic mass is 16.7. The van der Waals surface area contributed by atoms with Crippen molar-refractivity contribution in [2.75, 3.05) is 6.79 Å². The first kappa shape index (κ1) is 16.7. The molecule has 0 unspecified atom stereocenters. The number of fused-ring (bicyclic) bond motifs is 1. The van der Waals surface area contributed by atoms with E-state index in [1.54, 1.807) is 0 Å². The Morgan fingerprint density at radius 3 is 2.59 bits per heavy atom. The molecule has 22 heavy (non-hydrogen) atoms. The van der Waals surface area contributed by atoms with Crippen molar-refractivity contribution in [1.82, 2.24) is 5.32 Å². The molecule has 0 radical (unpaired) electrons. The molecule has 1 N–H and O–H groups in total. The molecule has 4 nitrogen and oxygen atoms in total. The minimum Gasteiger partial charge on any atom is -0.454 e. The van der Waals surface area contributed by atoms with Crippen molar-refractivity contribution in [2.45, 2.75) is 64.8 Å². The molecule has 1 aliphatic heterocycles. The van der Waals surface area contributed by atoms with Crippen molar-refractivity contribution in [2.24, 2.45) is 0 Å². The van der Waals surface area contributed by atoms with Gasteiger partial charge in [-0.2, -0.15) is 0 Å². The Bertz CT molecular complexity index is 473. The number of ether oxygens (including phenoxy) is 2. The van der Waals surface area contributed by atoms with E-state index in [2.05, 4.69) is 12.2 Å². The molecule has 1 aliphatic rings. The minimum absolute atomic E-state index is 0.131. The van der Waals surface area contributed by atoms with Gasteiger partial charge >= 0.3 is 0 Å². The lowest BCUT2D eigenvalue weighted by molar-refractivity contribution is -0.121. The molecule has 0 aliphatic carbocycles. The number of carbonyl (C=O) groups is 1. The lowest BCUT2D eigenvalue weighted by Crippen LogP contribution is -2.22. The van der Waals surface area contributed by atoms with Gasteiger partial charge in [-0.3, -0.25) is 4.79 Å². The van der Waals surface area contributed by atoms with Gasteiger partial charge in [-0.05, 0) is 24.1 Å². The van der Waals surface area contributed by atoms with Gasteiger partial charge in [-0.25, -0.2) is 0 Å². The van der Waals surface area contributed by atoms with E-state index >= 15 is 0 Å². The van der Waals surface area contributed by atoms with Crippen LogP contribution >= 0.6 is 0 Å². The smallest absolute Gasteiger partial charge is 0.231 e. The van der Waals surface area contributed by atoms with E-state index in [0.717, 1.165) is 29.9 Å². The summed E-state index contributed by atoms with van der Waals surface area (Å²) < 4.78 is 10.6. The summed E-state index contributed by atoms with van der Waals surface area (Å²) in [5, 5.41) is 2.97. The fraction of sp³-hybridized carbons (Fsp3) is 0.611. The zero-order valence-electron chi connectivity index (χ0n) is 13.5. The van der Waals surface area contributed by atoms with Gasteiger partial charge in [0.1, 0.15) is 0 Å². The number of hydrogen-bond acceptors (Lipinski definition) is 3. The van der Waals surface area contributed by atoms with Crippen LogP contribution in [0.5, 0.6) is 11.5 Å². The Labute approximate surface area is 133 Å². The Kier molecular flexibility index (Phi) is 7.07. The summed E-state index contributed by atoms with van der Waals surface area (Å²) in [6.07, 6.45) is 9.24. The van der Waals surface area contributed by atoms with Gasteiger partial charge in [-0.1, -0.05) is 51.5 Å². The van der Waals surface area contributed by atoms with E-state index in [1.807, 2.05) is 18.2 Å². The highest BCUT2D eigenvalue weighted by molar-refractivity contribution is 5.75. The fourth-order valence-electron chi connectivity index (χ4n) is 2.58. The number of nitrogens with one attached hydrogen (secondary N) is 1. The van der Waals surface area contributed by atoms with Crippen LogP contribution < -0.4 is 14.8 Å². The molecule has 0 spiro atoms. The van der Waals surface area contributed by atoms with Crippen molar-refractivity contribution >= 4 is 5.91 Å². The van der Waals surface area contributed by atoms with Crippen molar-refractivity contribution < 1.29 is 14.3 Å². The van der Waals surface area contributed by atoms with E-state index in [9.17, 15) is 4.79 Å². The Hall–Kier alpha value is -1.71. The van der Waals surface area contributed by atoms with Crippen LogP contribution in [0.2, 0.25) is 0 Å². The van der Waals surface area contributed by atoms with E-state index < -0.39 is 0 Å². The third-order valence-corrected chi connectivity index (χ3v) is 3.93. The maximum Gasteiger partial charge on any atom is 0.231 e. The Morgan fingerprint density at radius 2 is 1.77 bits per heavy atom. The lowest BCUT2D eigenvalue weighted by Gasteiger charge is -2.06. The molecule has 0 saturated carbocycles. The van der Waals surface area contributed by atoms with Crippen LogP contribution in [0.4, 0.5) is 0 Å². The molecule has 122 valence electrons. The molecule has 1 amide bonds. The van der Waals surface area contributed by atoms with E-state index in [-0.39, 0.29) is 12.7 Å². The summed E-state index contributed by atoms with van der Waals surface area (Å²) in [6.45, 7) is 3.06. The van der Waals surface area contributed by atoms with Gasteiger partial charge < -0.3 is 14.8 Å². The molecule has 0 aromatic heterocycles. The standard InChI is InChI=1S/C18H27NO3/c1-2-3-4-5-6-7-8-9-18(20)19-13-15-10-11-16-17(12-15)22-14-21-16/h10-12H,2-9,13-14H2,1H3,(H,19,20). The number of unbranched alkanes of at least 4 members (excludes halogenated alkanes) is 6. The van der Waals surface area contributed by atoms with Gasteiger partial charge in [0, 0.05) is 13.0 Å². The summed E-state index contributed by atoms with van der Waals surface area (Å²) in [6, 6.07) is 5.78. The normalized spacial score (nSPS) is 12.4. The fourth-order valence-corrected chi connectivity index (χ4v) is 2.58. The summed E-state index contributed by atoms with van der Waals surface area (Å²) in [7, 11) is 0. The van der Waals surface area contributed by atoms with Crippen LogP contribution in [0.1, 0.15) is 63.9 Å². The van der Waals surface area contributed by atoms with Gasteiger partial charge in [-0.15, -0.1) is 0 Å². The Morgan fingerprint density at radius 1 is 1.05 bits per heavy atom. The molecular weight excluding hydrogens is 278 g/mol. The van der Waals surface area contributed by atoms with Crippen LogP contribution in [0.3, 0.4) is 0 Å². The predicted molar refractivity (Wildman–Crippen MR) is 87.0 cm³/mol. The van der Waals surface area contributed by atoms with Crippen LogP contribution in [0, 0.1) is 0 Å². The van der Waals surface area contributed by atoms with E-state index in [0.29, 0.717) is 13.0 Å². The maximum atomic E-state index is 11.8. The number of rotatable bonds is 10. The molecule has 4 heteroatoms. The van der Waals surface area contributed by atoms with Gasteiger partial charge in [0.15, 0.2) is 11.5 Å². The summed E-state index contributed by atoms with van der Waals surface area (Å²) in [4.78, 5) is 11.8. The number of benzene rings is 1. The molecule has 0 saturated heterocycles. The molecule has 0 bridgehead atoms. The van der Waals surface area contributed by atoms with Gasteiger partial charge in [0.25, 0.3) is 0 Å². The third-order valence-electron chi connectivity index (χ3n) is 3.93. The molecule has 1 heterocycles. The first-order valence-electron chi connectivity index (χ1n) is 8.45. The average molecular weight is 305 g/mol. The summed E-state index contributed by atoms with van der Waals surface area (Å²) >= 11 is 0. The van der Waals surface area contributed by atoms with Crippen molar-refractivity contribution in [3.8, 4) is 11.5 Å². The molecule has 1 aromatic rings. The molecule has 0 fully saturated rings. The van der Waals surface area contributed by atoms with Crippen LogP contribution in [-0.4, -0.2) is 12.7 Å². The zero-order valence-corrected chi connectivity index (χ0v) is 13.5. The first-order valence-corrected chi connectivity index (χ1v) is 8.45. The van der Waals surface area contributed by atoms with Crippen LogP contribution in [0.25, 0.3) is 0 Å². The molecule has 2 rings (SSSR count). The highest BCUT2D eigenvalue weighted by Gasteiger charge is 2.13. The lowest BCUT2D eigenvalue weighted by atomic mass is 10.1. The van der Waals surface area contributed by atoms with Gasteiger partial charge in [0.05, 0.1) is 0 Å². The second-order valence-corrected chi connectivity index (χ2v) is 5.84. The van der Waals surface area contributed by atoms with Crippen LogP contribution in [0.15, 0.2) is 18.2 Å². The molecule has 0 atom stereocenters. The quantitative estimate of drug-likeness (QED) is 0.660. The zero-order chi connectivity index (χ0) is 15.6. The number of hydrogen-bond donors (Lipinski definition) is 1. The molecular formula is C18H27NO3. The highest BCUT2D eigenvalue weighted by Crippen LogP contribution is 2.32. The number of amides is 1. The monoisotopic (exact) mass is 305 g/mol. The maximum absolute atomic E-state index is 11.8. The minimum atomic E-state index is 0.131. The molecule has 1 aromatic carbocycles. The summed E-state index contributed by atoms with van der Waals surface area (Å²) in [5.41, 5.74) is 1.04. The Balaban J connectivity index is 1.56. The summed E-state index contributed by atoms with van der Waals surface area (Å²) in [5.74, 6) is 1.67. The van der Waals surface area contributed by atoms with E-state index in [1.165, 1.54) is 32.1 Å². The van der Waals surface area contributed by atoms with Crippen molar-refractivity contribution in [3.63, 3.8) is 0 Å². The SMILES string of the molecule is CCCCCCCCCC(=O)NCc1ccc2c(c1)OCO2. The van der Waals surface area contributed by atoms with Crippen molar-refractivity contribution in [1.29, 1.82) is 0 Å². The number of carbonyl (C=O) groups excluding carboxylic acids is 1. The topological polar surface area (TPSA) is 47.6 Å². The van der Waals surface area contributed by atoms with E-state index in [4.69, 9.17) is 9.47 Å². The third kappa shape index (κ3) is 5.58. The van der Waals surface area contributed by atoms with Gasteiger partial charge in [0.2, 0.25) is 12.7 Å². The largest absolute Gasteiger partial charge is 0.454 e. The second kappa shape index (κ2) is 9.34. The predicted octanol–water partition coefficient (Wildman–Crippen LogP) is 4.17. The van der Waals surface area contributed by atoms with Crippen LogP contribution in [-0.2, 0) is 11.3 Å². The second-order valence-electron chi connectivity index (χ2n) is 5.84. The first-order chi connectivity index (χ1) is 10.8. The average Bonchev–Trinajstić information content (AvgIpc) is 2.99. The van der Waals surface area contributed by atoms with Crippen molar-refractivity contribution in [3.05, 3.63) is 23.8 Å².